The molecule has 77 heavy (non-hydrogen) atoms. The van der Waals surface area contributed by atoms with Gasteiger partial charge in [-0.25, -0.2) is 13.9 Å². The van der Waals surface area contributed by atoms with Gasteiger partial charge in [-0.3, -0.25) is 23.2 Å². The van der Waals surface area contributed by atoms with Gasteiger partial charge in [-0.1, -0.05) is 240 Å². The van der Waals surface area contributed by atoms with Crippen molar-refractivity contribution in [1.82, 2.24) is 9.55 Å². The second kappa shape index (κ2) is 43.5. The minimum Gasteiger partial charge on any atom is -0.462 e. The van der Waals surface area contributed by atoms with Gasteiger partial charge in [0, 0.05) is 19.0 Å². The molecule has 1 aromatic rings. The van der Waals surface area contributed by atoms with Crippen LogP contribution in [0.15, 0.2) is 17.1 Å². The molecule has 0 bridgehead atoms. The lowest BCUT2D eigenvalue weighted by atomic mass is 9.99. The number of nitrogens with two attached hydrogens (primary N) is 1. The number of carbonyl (C=O) groups excluding carboxylic acids is 2. The summed E-state index contributed by atoms with van der Waals surface area (Å²) in [6.45, 7) is 6.93. The monoisotopic (exact) mass is 1140 g/mol. The van der Waals surface area contributed by atoms with Gasteiger partial charge in [0.15, 0.2) is 12.3 Å². The molecule has 8 atom stereocenters. The molecule has 6 N–H and O–H groups in total. The number of aromatic nitrogens is 2. The average molecular weight is 1140 g/mol. The zero-order valence-corrected chi connectivity index (χ0v) is 49.9. The molecule has 1 aromatic heterocycles. The lowest BCUT2D eigenvalue weighted by Crippen LogP contribution is -2.36. The smallest absolute Gasteiger partial charge is 0.462 e. The Morgan fingerprint density at radius 1 is 0.623 bits per heavy atom. The first-order valence-electron chi connectivity index (χ1n) is 30.3. The number of hydrogen-bond acceptors (Lipinski definition) is 15. The fraction of sp³-hybridized carbons (Fsp3) is 0.895. The second-order valence-corrected chi connectivity index (χ2v) is 25.3. The van der Waals surface area contributed by atoms with Gasteiger partial charge in [-0.15, -0.1) is 0 Å². The zero-order valence-electron chi connectivity index (χ0n) is 48.1. The molecule has 0 aliphatic carbocycles. The largest absolute Gasteiger partial charge is 0.481 e. The molecule has 1 fully saturated rings. The van der Waals surface area contributed by atoms with Crippen molar-refractivity contribution in [1.29, 1.82) is 0 Å². The molecule has 0 radical (unpaired) electrons. The van der Waals surface area contributed by atoms with Crippen LogP contribution in [0.5, 0.6) is 0 Å². The van der Waals surface area contributed by atoms with E-state index >= 15 is 0 Å². The molecule has 2 rings (SSSR count). The van der Waals surface area contributed by atoms with Crippen molar-refractivity contribution in [2.45, 2.75) is 296 Å². The molecule has 18 nitrogen and oxygen atoms in total. The van der Waals surface area contributed by atoms with Crippen molar-refractivity contribution in [2.75, 3.05) is 25.6 Å². The van der Waals surface area contributed by atoms with Crippen LogP contribution >= 0.6 is 15.6 Å². The topological polar surface area (TPSA) is 265 Å². The van der Waals surface area contributed by atoms with Crippen molar-refractivity contribution in [3.05, 3.63) is 22.7 Å². The number of hydrogen-bond donors (Lipinski definition) is 5. The minimum absolute atomic E-state index is 0.0581. The first-order valence-corrected chi connectivity index (χ1v) is 33.3. The maximum Gasteiger partial charge on any atom is 0.481 e. The molecule has 20 heteroatoms. The molecule has 1 saturated heterocycles. The number of phosphoric ester groups is 2. The summed E-state index contributed by atoms with van der Waals surface area (Å²) in [5, 5.41) is 21.0. The van der Waals surface area contributed by atoms with Gasteiger partial charge in [0.1, 0.15) is 30.7 Å². The van der Waals surface area contributed by atoms with Crippen LogP contribution < -0.4 is 11.4 Å². The first-order chi connectivity index (χ1) is 36.9. The van der Waals surface area contributed by atoms with E-state index in [9.17, 15) is 43.5 Å². The van der Waals surface area contributed by atoms with E-state index in [2.05, 4.69) is 37.0 Å². The van der Waals surface area contributed by atoms with E-state index in [1.807, 2.05) is 0 Å². The molecule has 1 aliphatic heterocycles. The molecule has 4 unspecified atom stereocenters. The Morgan fingerprint density at radius 2 is 1.04 bits per heavy atom. The standard InChI is InChI=1S/C57H107N3O15P2/c1-5-48(4)39-35-31-27-23-19-15-10-8-6-7-9-11-17-21-25-29-33-37-41-53(62)73-49(44-70-52(61)40-36-32-28-24-20-16-13-12-14-18-22-26-30-34-38-47(2)3)45-71-76(66,67)75-77(68,69)72-46-50-54(63)55(64)56(74-50)60-43-42-51(58)59-57(60)65/h42-43,47-50,54-56,63-64H,5-41,44-46H2,1-4H3,(H,66,67)(H,68,69)(H2,58,59,65)/t48?,49-,50-,54+,55?,56-/m1/s1. The van der Waals surface area contributed by atoms with Crippen LogP contribution in [-0.2, 0) is 46.3 Å². The molecule has 0 amide bonds. The number of aliphatic hydroxyl groups is 2. The summed E-state index contributed by atoms with van der Waals surface area (Å²) < 4.78 is 57.1. The number of carbonyl (C=O) groups is 2. The fourth-order valence-corrected chi connectivity index (χ4v) is 11.7. The van der Waals surface area contributed by atoms with Crippen molar-refractivity contribution in [3.8, 4) is 0 Å². The number of esters is 2. The number of aliphatic hydroxyl groups excluding tert-OH is 2. The van der Waals surface area contributed by atoms with Crippen molar-refractivity contribution >= 4 is 33.4 Å². The average Bonchev–Trinajstić information content (AvgIpc) is 3.66. The maximum atomic E-state index is 13.0. The zero-order chi connectivity index (χ0) is 56.6. The lowest BCUT2D eigenvalue weighted by molar-refractivity contribution is -0.161. The maximum absolute atomic E-state index is 13.0. The van der Waals surface area contributed by atoms with E-state index in [-0.39, 0.29) is 18.7 Å². The summed E-state index contributed by atoms with van der Waals surface area (Å²) in [5.74, 6) is 0.400. The molecule has 0 aromatic carbocycles. The van der Waals surface area contributed by atoms with E-state index < -0.39 is 83.7 Å². The fourth-order valence-electron chi connectivity index (χ4n) is 9.60. The van der Waals surface area contributed by atoms with Gasteiger partial charge in [-0.05, 0) is 30.7 Å². The number of anilines is 1. The third-order valence-corrected chi connectivity index (χ3v) is 17.3. The summed E-state index contributed by atoms with van der Waals surface area (Å²) in [4.78, 5) is 62.2. The van der Waals surface area contributed by atoms with E-state index in [0.717, 1.165) is 67.8 Å². The van der Waals surface area contributed by atoms with Gasteiger partial charge in [0.25, 0.3) is 0 Å². The number of rotatable bonds is 51. The van der Waals surface area contributed by atoms with Crippen molar-refractivity contribution < 1.29 is 66.3 Å². The van der Waals surface area contributed by atoms with Crippen LogP contribution in [0.2, 0.25) is 0 Å². The van der Waals surface area contributed by atoms with Gasteiger partial charge in [0.05, 0.1) is 13.2 Å². The Labute approximate surface area is 463 Å². The highest BCUT2D eigenvalue weighted by atomic mass is 31.3. The Bertz CT molecular complexity index is 1820. The summed E-state index contributed by atoms with van der Waals surface area (Å²) in [7, 11) is -10.8. The number of nitrogen functional groups attached to an aromatic ring is 1. The van der Waals surface area contributed by atoms with E-state index in [0.29, 0.717) is 12.8 Å². The van der Waals surface area contributed by atoms with Crippen LogP contribution in [0, 0.1) is 11.8 Å². The Kier molecular flexibility index (Phi) is 40.0. The van der Waals surface area contributed by atoms with Crippen molar-refractivity contribution in [2.24, 2.45) is 11.8 Å². The van der Waals surface area contributed by atoms with E-state index in [1.54, 1.807) is 0 Å². The van der Waals surface area contributed by atoms with Crippen LogP contribution in [0.4, 0.5) is 5.82 Å². The number of phosphoric acid groups is 2. The third-order valence-electron chi connectivity index (χ3n) is 14.7. The minimum atomic E-state index is -5.42. The Morgan fingerprint density at radius 3 is 1.48 bits per heavy atom. The highest BCUT2D eigenvalue weighted by Crippen LogP contribution is 2.60. The lowest BCUT2D eigenvalue weighted by Gasteiger charge is -2.21. The van der Waals surface area contributed by atoms with Crippen LogP contribution in [-0.4, -0.2) is 85.7 Å². The van der Waals surface area contributed by atoms with Crippen LogP contribution in [0.3, 0.4) is 0 Å². The Balaban J connectivity index is 1.72. The van der Waals surface area contributed by atoms with Gasteiger partial charge < -0.3 is 39.9 Å². The van der Waals surface area contributed by atoms with Gasteiger partial charge >= 0.3 is 33.3 Å². The molecular formula is C57H107N3O15P2. The van der Waals surface area contributed by atoms with E-state index in [1.165, 1.54) is 173 Å². The molecule has 0 saturated carbocycles. The van der Waals surface area contributed by atoms with Crippen LogP contribution in [0.25, 0.3) is 0 Å². The highest BCUT2D eigenvalue weighted by molar-refractivity contribution is 7.61. The second-order valence-electron chi connectivity index (χ2n) is 22.3. The molecule has 2 heterocycles. The quantitative estimate of drug-likeness (QED) is 0.0231. The molecule has 0 spiro atoms. The summed E-state index contributed by atoms with van der Waals surface area (Å²) in [6, 6.07) is 1.25. The molecular weight excluding hydrogens is 1030 g/mol. The van der Waals surface area contributed by atoms with E-state index in [4.69, 9.17) is 29.0 Å². The number of ether oxygens (including phenoxy) is 3. The van der Waals surface area contributed by atoms with Gasteiger partial charge in [-0.2, -0.15) is 9.29 Å². The SMILES string of the molecule is CCC(C)CCCCCCCCCCCCCCCCCCCCC(=O)O[C@H](COC(=O)CCCCCCCCCCCCCCCCC(C)C)COP(=O)(O)OP(=O)(O)OC[C@H]1O[C@@H](n2ccc(N)nc2=O)C(O)[C@H]1O. The third kappa shape index (κ3) is 36.7. The Hall–Kier alpha value is -2.24. The van der Waals surface area contributed by atoms with Gasteiger partial charge in [0.2, 0.25) is 0 Å². The summed E-state index contributed by atoms with van der Waals surface area (Å²) in [6.07, 6.45) is 35.9. The summed E-state index contributed by atoms with van der Waals surface area (Å²) in [5.41, 5.74) is 4.61. The molecule has 450 valence electrons. The predicted octanol–water partition coefficient (Wildman–Crippen LogP) is 13.9. The highest BCUT2D eigenvalue weighted by Gasteiger charge is 2.46. The number of unbranched alkanes of at least 4 members (excludes halogenated alkanes) is 30. The van der Waals surface area contributed by atoms with Crippen LogP contribution in [0.1, 0.15) is 271 Å². The molecule has 1 aliphatic rings. The first kappa shape index (κ1) is 70.9. The normalized spacial score (nSPS) is 19.0. The van der Waals surface area contributed by atoms with Crippen molar-refractivity contribution in [3.63, 3.8) is 0 Å². The predicted molar refractivity (Wildman–Crippen MR) is 303 cm³/mol. The number of nitrogens with zero attached hydrogens (tertiary/aromatic N) is 2. The summed E-state index contributed by atoms with van der Waals surface area (Å²) >= 11 is 0.